The summed E-state index contributed by atoms with van der Waals surface area (Å²) in [5, 5.41) is 4.16. The number of nitrogens with zero attached hydrogens (tertiary/aromatic N) is 3. The van der Waals surface area contributed by atoms with Gasteiger partial charge >= 0.3 is 0 Å². The van der Waals surface area contributed by atoms with Gasteiger partial charge in [-0.1, -0.05) is 61.5 Å². The first-order valence-electron chi connectivity index (χ1n) is 9.78. The third-order valence-electron chi connectivity index (χ3n) is 5.23. The Morgan fingerprint density at radius 1 is 1.10 bits per heavy atom. The van der Waals surface area contributed by atoms with Gasteiger partial charge in [0.05, 0.1) is 5.69 Å². The number of aliphatic imine (C=N–C) groups is 1. The summed E-state index contributed by atoms with van der Waals surface area (Å²) < 4.78 is 20.2. The predicted octanol–water partition coefficient (Wildman–Crippen LogP) is 5.09. The Morgan fingerprint density at radius 2 is 1.79 bits per heavy atom. The van der Waals surface area contributed by atoms with Gasteiger partial charge in [0.25, 0.3) is 5.88 Å². The van der Waals surface area contributed by atoms with Crippen LogP contribution in [0.1, 0.15) is 39.0 Å². The van der Waals surface area contributed by atoms with Crippen molar-refractivity contribution in [3.05, 3.63) is 71.7 Å². The highest BCUT2D eigenvalue weighted by molar-refractivity contribution is 5.80. The fourth-order valence-electron chi connectivity index (χ4n) is 3.25. The Kier molecular flexibility index (Phi) is 6.01. The van der Waals surface area contributed by atoms with E-state index in [1.165, 1.54) is 0 Å². The highest BCUT2D eigenvalue weighted by atomic mass is 19.1. The molecule has 0 aliphatic rings. The van der Waals surface area contributed by atoms with Crippen LogP contribution in [0.15, 0.2) is 64.1 Å². The predicted molar refractivity (Wildman–Crippen MR) is 115 cm³/mol. The molecule has 2 N–H and O–H groups in total. The zero-order chi connectivity index (χ0) is 21.0. The summed E-state index contributed by atoms with van der Waals surface area (Å²) in [6.45, 7) is 9.48. The number of halogens is 1. The van der Waals surface area contributed by atoms with Gasteiger partial charge < -0.3 is 15.2 Å². The minimum atomic E-state index is -0.558. The summed E-state index contributed by atoms with van der Waals surface area (Å²) in [6, 6.07) is 16.5. The zero-order valence-electron chi connectivity index (χ0n) is 17.3. The lowest BCUT2D eigenvalue weighted by Crippen LogP contribution is -2.36. The molecule has 0 bridgehead atoms. The molecule has 2 aromatic carbocycles. The van der Waals surface area contributed by atoms with Gasteiger partial charge in [-0.15, -0.1) is 0 Å². The van der Waals surface area contributed by atoms with Crippen LogP contribution in [0.3, 0.4) is 0 Å². The molecule has 0 spiro atoms. The van der Waals surface area contributed by atoms with Gasteiger partial charge in [0.15, 0.2) is 5.96 Å². The number of guanidine groups is 1. The quantitative estimate of drug-likeness (QED) is 0.467. The number of hydrogen-bond acceptors (Lipinski definition) is 3. The molecule has 0 radical (unpaired) electrons. The van der Waals surface area contributed by atoms with Crippen LogP contribution in [-0.4, -0.2) is 29.1 Å². The molecule has 0 aliphatic heterocycles. The molecule has 0 saturated heterocycles. The highest BCUT2D eigenvalue weighted by Crippen LogP contribution is 2.35. The monoisotopic (exact) mass is 394 g/mol. The average Bonchev–Trinajstić information content (AvgIpc) is 3.19. The van der Waals surface area contributed by atoms with Crippen molar-refractivity contribution in [1.82, 2.24) is 10.1 Å². The second-order valence-electron chi connectivity index (χ2n) is 7.38. The highest BCUT2D eigenvalue weighted by Gasteiger charge is 2.28. The second-order valence-corrected chi connectivity index (χ2v) is 7.38. The van der Waals surface area contributed by atoms with E-state index in [2.05, 4.69) is 10.1 Å². The number of rotatable bonds is 6. The minimum absolute atomic E-state index is 0.269. The Labute approximate surface area is 171 Å². The van der Waals surface area contributed by atoms with Crippen LogP contribution < -0.4 is 5.73 Å². The smallest absolute Gasteiger partial charge is 0.253 e. The van der Waals surface area contributed by atoms with Crippen LogP contribution in [-0.2, 0) is 5.41 Å². The van der Waals surface area contributed by atoms with E-state index in [1.807, 2.05) is 69.0 Å². The lowest BCUT2D eigenvalue weighted by Gasteiger charge is -2.23. The first-order chi connectivity index (χ1) is 13.9. The standard InChI is InChI=1S/C23H27FN4O/c1-5-28(6-2)22(25)26-21-15-20(27-29-21)23(3,4)17-12-13-18(19(24)14-17)16-10-8-7-9-11-16/h7-15H,5-6H2,1-4H3,(H2,25,26). The van der Waals surface area contributed by atoms with Crippen LogP contribution in [0.25, 0.3) is 11.1 Å². The maximum atomic E-state index is 14.8. The van der Waals surface area contributed by atoms with Gasteiger partial charge in [-0.3, -0.25) is 0 Å². The molecule has 3 rings (SSSR count). The molecule has 0 fully saturated rings. The maximum absolute atomic E-state index is 14.8. The third-order valence-corrected chi connectivity index (χ3v) is 5.23. The summed E-state index contributed by atoms with van der Waals surface area (Å²) in [5.41, 5.74) is 8.35. The van der Waals surface area contributed by atoms with Crippen LogP contribution in [0.2, 0.25) is 0 Å². The summed E-state index contributed by atoms with van der Waals surface area (Å²) in [7, 11) is 0. The van der Waals surface area contributed by atoms with Crippen LogP contribution >= 0.6 is 0 Å². The molecular formula is C23H27FN4O. The molecule has 3 aromatic rings. The van der Waals surface area contributed by atoms with E-state index in [-0.39, 0.29) is 5.82 Å². The number of aromatic nitrogens is 1. The van der Waals surface area contributed by atoms with Gasteiger partial charge in [0.1, 0.15) is 5.82 Å². The maximum Gasteiger partial charge on any atom is 0.253 e. The molecule has 0 amide bonds. The van der Waals surface area contributed by atoms with Crippen molar-refractivity contribution in [3.63, 3.8) is 0 Å². The second kappa shape index (κ2) is 8.47. The van der Waals surface area contributed by atoms with Gasteiger partial charge in [-0.05, 0) is 31.0 Å². The van der Waals surface area contributed by atoms with E-state index in [0.717, 1.165) is 24.2 Å². The molecule has 1 heterocycles. The molecule has 0 aliphatic carbocycles. The average molecular weight is 394 g/mol. The minimum Gasteiger partial charge on any atom is -0.369 e. The van der Waals surface area contributed by atoms with Crippen LogP contribution in [0, 0.1) is 5.82 Å². The first-order valence-corrected chi connectivity index (χ1v) is 9.78. The SMILES string of the molecule is CCN(CC)/C(N)=N/c1cc(C(C)(C)c2ccc(-c3ccccc3)c(F)c2)no1. The Bertz CT molecular complexity index is 991. The normalized spacial score (nSPS) is 12.2. The Balaban J connectivity index is 1.89. The Morgan fingerprint density at radius 3 is 2.41 bits per heavy atom. The van der Waals surface area contributed by atoms with Crippen molar-refractivity contribution in [2.24, 2.45) is 10.7 Å². The van der Waals surface area contributed by atoms with Crippen molar-refractivity contribution >= 4 is 11.8 Å². The molecule has 5 nitrogen and oxygen atoms in total. The summed E-state index contributed by atoms with van der Waals surface area (Å²) in [6.07, 6.45) is 0. The van der Waals surface area contributed by atoms with E-state index in [9.17, 15) is 4.39 Å². The van der Waals surface area contributed by atoms with Gasteiger partial charge in [0.2, 0.25) is 0 Å². The van der Waals surface area contributed by atoms with E-state index >= 15 is 0 Å². The molecule has 0 atom stereocenters. The number of nitrogens with two attached hydrogens (primary N) is 1. The van der Waals surface area contributed by atoms with Crippen molar-refractivity contribution in [3.8, 4) is 11.1 Å². The lowest BCUT2D eigenvalue weighted by molar-refractivity contribution is 0.403. The largest absolute Gasteiger partial charge is 0.369 e. The molecule has 152 valence electrons. The van der Waals surface area contributed by atoms with Crippen molar-refractivity contribution in [2.45, 2.75) is 33.1 Å². The van der Waals surface area contributed by atoms with Gasteiger partial charge in [-0.25, -0.2) is 4.39 Å². The first kappa shape index (κ1) is 20.6. The van der Waals surface area contributed by atoms with Gasteiger partial charge in [-0.2, -0.15) is 4.99 Å². The van der Waals surface area contributed by atoms with E-state index in [1.54, 1.807) is 18.2 Å². The Hall–Kier alpha value is -3.15. The summed E-state index contributed by atoms with van der Waals surface area (Å²) in [4.78, 5) is 6.24. The molecule has 1 aromatic heterocycles. The van der Waals surface area contributed by atoms with Crippen LogP contribution in [0.5, 0.6) is 0 Å². The topological polar surface area (TPSA) is 67.7 Å². The van der Waals surface area contributed by atoms with Crippen molar-refractivity contribution in [2.75, 3.05) is 13.1 Å². The fraction of sp³-hybridized carbons (Fsp3) is 0.304. The lowest BCUT2D eigenvalue weighted by atomic mass is 9.81. The van der Waals surface area contributed by atoms with E-state index < -0.39 is 5.41 Å². The number of hydrogen-bond donors (Lipinski definition) is 1. The fourth-order valence-corrected chi connectivity index (χ4v) is 3.25. The number of benzene rings is 2. The summed E-state index contributed by atoms with van der Waals surface area (Å²) in [5.74, 6) is 0.446. The van der Waals surface area contributed by atoms with E-state index in [0.29, 0.717) is 23.1 Å². The van der Waals surface area contributed by atoms with Crippen LogP contribution in [0.4, 0.5) is 10.3 Å². The molecule has 0 saturated carbocycles. The van der Waals surface area contributed by atoms with Crippen molar-refractivity contribution in [1.29, 1.82) is 0 Å². The molecule has 0 unspecified atom stereocenters. The van der Waals surface area contributed by atoms with Gasteiger partial charge in [0, 0.05) is 30.1 Å². The zero-order valence-corrected chi connectivity index (χ0v) is 17.3. The molecule has 29 heavy (non-hydrogen) atoms. The third kappa shape index (κ3) is 4.31. The van der Waals surface area contributed by atoms with Crippen molar-refractivity contribution < 1.29 is 8.91 Å². The molecular weight excluding hydrogens is 367 g/mol. The summed E-state index contributed by atoms with van der Waals surface area (Å²) >= 11 is 0. The van der Waals surface area contributed by atoms with E-state index in [4.69, 9.17) is 10.3 Å². The molecule has 6 heteroatoms.